The number of rotatable bonds is 3. The van der Waals surface area contributed by atoms with Crippen LogP contribution < -0.4 is 9.64 Å². The molecule has 1 aromatic carbocycles. The Morgan fingerprint density at radius 1 is 1.32 bits per heavy atom. The summed E-state index contributed by atoms with van der Waals surface area (Å²) in [6.07, 6.45) is 9.87. The van der Waals surface area contributed by atoms with Crippen LogP contribution in [0.2, 0.25) is 0 Å². The fourth-order valence-corrected chi connectivity index (χ4v) is 2.54. The molecule has 0 bridgehead atoms. The van der Waals surface area contributed by atoms with Gasteiger partial charge < -0.3 is 14.4 Å². The summed E-state index contributed by atoms with van der Waals surface area (Å²) in [5.74, 6) is 0.816. The molecular formula is C18H23NO3. The number of methoxy groups -OCH3 is 1. The van der Waals surface area contributed by atoms with Crippen molar-refractivity contribution in [1.82, 2.24) is 0 Å². The Hall–Kier alpha value is -2.07. The van der Waals surface area contributed by atoms with Gasteiger partial charge in [0.1, 0.15) is 18.6 Å². The van der Waals surface area contributed by atoms with Gasteiger partial charge in [0.15, 0.2) is 0 Å². The SMILES string of the molecule is COC.O=Cc1ccc2c(c1)OCCN2CC1=CCCC=C1. The first-order valence-electron chi connectivity index (χ1n) is 7.51. The Balaban J connectivity index is 0.000000545. The summed E-state index contributed by atoms with van der Waals surface area (Å²) in [4.78, 5) is 13.1. The lowest BCUT2D eigenvalue weighted by molar-refractivity contribution is 0.112. The predicted octanol–water partition coefficient (Wildman–Crippen LogP) is 3.24. The van der Waals surface area contributed by atoms with Crippen molar-refractivity contribution in [2.75, 3.05) is 38.8 Å². The van der Waals surface area contributed by atoms with Crippen molar-refractivity contribution < 1.29 is 14.3 Å². The maximum Gasteiger partial charge on any atom is 0.150 e. The number of benzene rings is 1. The quantitative estimate of drug-likeness (QED) is 0.803. The highest BCUT2D eigenvalue weighted by atomic mass is 16.5. The summed E-state index contributed by atoms with van der Waals surface area (Å²) in [7, 11) is 3.25. The van der Waals surface area contributed by atoms with Crippen LogP contribution in [0.1, 0.15) is 23.2 Å². The van der Waals surface area contributed by atoms with Crippen molar-refractivity contribution in [3.63, 3.8) is 0 Å². The van der Waals surface area contributed by atoms with E-state index in [0.717, 1.165) is 43.7 Å². The number of allylic oxidation sites excluding steroid dienone is 2. The monoisotopic (exact) mass is 301 g/mol. The number of fused-ring (bicyclic) bond motifs is 1. The highest BCUT2D eigenvalue weighted by molar-refractivity contribution is 5.78. The molecule has 0 N–H and O–H groups in total. The second kappa shape index (κ2) is 8.39. The lowest BCUT2D eigenvalue weighted by Gasteiger charge is -2.32. The van der Waals surface area contributed by atoms with E-state index in [-0.39, 0.29) is 0 Å². The largest absolute Gasteiger partial charge is 0.490 e. The molecule has 4 heteroatoms. The van der Waals surface area contributed by atoms with Crippen LogP contribution in [-0.2, 0) is 4.74 Å². The Labute approximate surface area is 132 Å². The third kappa shape index (κ3) is 4.21. The van der Waals surface area contributed by atoms with Gasteiger partial charge in [-0.2, -0.15) is 0 Å². The van der Waals surface area contributed by atoms with E-state index >= 15 is 0 Å². The minimum Gasteiger partial charge on any atom is -0.490 e. The fourth-order valence-electron chi connectivity index (χ4n) is 2.54. The molecule has 0 radical (unpaired) electrons. The topological polar surface area (TPSA) is 38.8 Å². The summed E-state index contributed by atoms with van der Waals surface area (Å²) < 4.78 is 9.90. The Morgan fingerprint density at radius 2 is 2.14 bits per heavy atom. The molecule has 0 saturated heterocycles. The molecule has 0 saturated carbocycles. The smallest absolute Gasteiger partial charge is 0.150 e. The molecule has 1 aliphatic carbocycles. The lowest BCUT2D eigenvalue weighted by atomic mass is 10.1. The van der Waals surface area contributed by atoms with E-state index in [9.17, 15) is 4.79 Å². The Kier molecular flexibility index (Phi) is 6.22. The summed E-state index contributed by atoms with van der Waals surface area (Å²) in [6.45, 7) is 2.47. The minimum absolute atomic E-state index is 0.664. The van der Waals surface area contributed by atoms with E-state index in [0.29, 0.717) is 12.2 Å². The second-order valence-electron chi connectivity index (χ2n) is 5.28. The number of carbonyl (C=O) groups is 1. The first-order valence-corrected chi connectivity index (χ1v) is 7.51. The third-order valence-electron chi connectivity index (χ3n) is 3.52. The van der Waals surface area contributed by atoms with Gasteiger partial charge in [0.2, 0.25) is 0 Å². The molecular weight excluding hydrogens is 278 g/mol. The lowest BCUT2D eigenvalue weighted by Crippen LogP contribution is -2.34. The summed E-state index contributed by atoms with van der Waals surface area (Å²) in [6, 6.07) is 5.64. The average molecular weight is 301 g/mol. The van der Waals surface area contributed by atoms with Crippen LogP contribution in [0.15, 0.2) is 42.0 Å². The molecule has 0 amide bonds. The zero-order chi connectivity index (χ0) is 15.8. The van der Waals surface area contributed by atoms with Crippen LogP contribution in [0.4, 0.5) is 5.69 Å². The van der Waals surface area contributed by atoms with Gasteiger partial charge in [-0.25, -0.2) is 0 Å². The van der Waals surface area contributed by atoms with Crippen LogP contribution in [0.5, 0.6) is 5.75 Å². The fraction of sp³-hybridized carbons (Fsp3) is 0.389. The van der Waals surface area contributed by atoms with Crippen LogP contribution in [0, 0.1) is 0 Å². The van der Waals surface area contributed by atoms with E-state index in [1.165, 1.54) is 5.57 Å². The van der Waals surface area contributed by atoms with Gasteiger partial charge in [-0.1, -0.05) is 18.2 Å². The van der Waals surface area contributed by atoms with Crippen LogP contribution in [-0.4, -0.2) is 40.2 Å². The van der Waals surface area contributed by atoms with E-state index in [2.05, 4.69) is 27.9 Å². The van der Waals surface area contributed by atoms with Crippen molar-refractivity contribution >= 4 is 12.0 Å². The van der Waals surface area contributed by atoms with Gasteiger partial charge in [-0.15, -0.1) is 0 Å². The molecule has 1 aliphatic heterocycles. The molecule has 118 valence electrons. The molecule has 0 aromatic heterocycles. The number of nitrogens with zero attached hydrogens (tertiary/aromatic N) is 1. The van der Waals surface area contributed by atoms with Crippen molar-refractivity contribution in [2.45, 2.75) is 12.8 Å². The van der Waals surface area contributed by atoms with Crippen LogP contribution >= 0.6 is 0 Å². The molecule has 1 aromatic rings. The molecule has 3 rings (SSSR count). The standard InChI is InChI=1S/C16H17NO2.C2H6O/c18-12-14-6-7-15-16(10-14)19-9-8-17(15)11-13-4-2-1-3-5-13;1-3-2/h2,4-7,10,12H,1,3,8-9,11H2;1-2H3. The van der Waals surface area contributed by atoms with Crippen LogP contribution in [0.25, 0.3) is 0 Å². The van der Waals surface area contributed by atoms with Crippen molar-refractivity contribution in [1.29, 1.82) is 0 Å². The van der Waals surface area contributed by atoms with Crippen molar-refractivity contribution in [3.05, 3.63) is 47.6 Å². The normalized spacial score (nSPS) is 15.9. The van der Waals surface area contributed by atoms with E-state index in [1.54, 1.807) is 14.2 Å². The Morgan fingerprint density at radius 3 is 2.82 bits per heavy atom. The van der Waals surface area contributed by atoms with Gasteiger partial charge >= 0.3 is 0 Å². The molecule has 0 atom stereocenters. The molecule has 1 heterocycles. The van der Waals surface area contributed by atoms with Gasteiger partial charge in [0, 0.05) is 26.3 Å². The van der Waals surface area contributed by atoms with Gasteiger partial charge in [-0.3, -0.25) is 4.79 Å². The summed E-state index contributed by atoms with van der Waals surface area (Å²) in [5.41, 5.74) is 3.10. The summed E-state index contributed by atoms with van der Waals surface area (Å²) >= 11 is 0. The number of ether oxygens (including phenoxy) is 2. The zero-order valence-electron chi connectivity index (χ0n) is 13.2. The van der Waals surface area contributed by atoms with E-state index in [4.69, 9.17) is 4.74 Å². The highest BCUT2D eigenvalue weighted by Crippen LogP contribution is 2.32. The second-order valence-corrected chi connectivity index (χ2v) is 5.28. The third-order valence-corrected chi connectivity index (χ3v) is 3.52. The minimum atomic E-state index is 0.664. The Bertz CT molecular complexity index is 563. The molecule has 4 nitrogen and oxygen atoms in total. The number of aldehydes is 1. The van der Waals surface area contributed by atoms with Crippen molar-refractivity contribution in [2.24, 2.45) is 0 Å². The number of carbonyl (C=O) groups excluding carboxylic acids is 1. The number of anilines is 1. The van der Waals surface area contributed by atoms with Gasteiger partial charge in [-0.05, 0) is 36.6 Å². The summed E-state index contributed by atoms with van der Waals surface area (Å²) in [5, 5.41) is 0. The molecule has 0 unspecified atom stereocenters. The van der Waals surface area contributed by atoms with E-state index in [1.807, 2.05) is 18.2 Å². The maximum atomic E-state index is 10.8. The molecule has 2 aliphatic rings. The molecule has 0 spiro atoms. The average Bonchev–Trinajstić information content (AvgIpc) is 2.56. The maximum absolute atomic E-state index is 10.8. The van der Waals surface area contributed by atoms with Gasteiger partial charge in [0.25, 0.3) is 0 Å². The predicted molar refractivity (Wildman–Crippen MR) is 88.9 cm³/mol. The number of hydrogen-bond acceptors (Lipinski definition) is 4. The molecule has 22 heavy (non-hydrogen) atoms. The first-order chi connectivity index (χ1) is 10.8. The van der Waals surface area contributed by atoms with Crippen LogP contribution in [0.3, 0.4) is 0 Å². The van der Waals surface area contributed by atoms with Gasteiger partial charge in [0.05, 0.1) is 12.2 Å². The number of hydrogen-bond donors (Lipinski definition) is 0. The van der Waals surface area contributed by atoms with E-state index < -0.39 is 0 Å². The zero-order valence-corrected chi connectivity index (χ0v) is 13.2. The van der Waals surface area contributed by atoms with Crippen molar-refractivity contribution in [3.8, 4) is 5.75 Å². The highest BCUT2D eigenvalue weighted by Gasteiger charge is 2.18. The first kappa shape index (κ1) is 16.3. The molecule has 0 fully saturated rings.